The molecule has 2 aromatic rings. The number of carbonyl (C=O) groups is 2. The minimum absolute atomic E-state index is 0.0213. The smallest absolute Gasteiger partial charge is 0.253 e. The Balaban J connectivity index is 1.86. The van der Waals surface area contributed by atoms with Gasteiger partial charge in [0.2, 0.25) is 5.91 Å². The Bertz CT molecular complexity index is 859. The number of rotatable bonds is 4. The average Bonchev–Trinajstić information content (AvgIpc) is 2.63. The summed E-state index contributed by atoms with van der Waals surface area (Å²) in [6, 6.07) is 13.0. The van der Waals surface area contributed by atoms with Gasteiger partial charge in [-0.05, 0) is 60.7 Å². The van der Waals surface area contributed by atoms with Crippen LogP contribution in [0.25, 0.3) is 0 Å². The third kappa shape index (κ3) is 5.30. The molecule has 148 valence electrons. The molecule has 2 unspecified atom stereocenters. The van der Waals surface area contributed by atoms with E-state index in [1.165, 1.54) is 18.7 Å². The maximum absolute atomic E-state index is 13.0. The molecule has 0 radical (unpaired) electrons. The first-order chi connectivity index (χ1) is 13.3. The lowest BCUT2D eigenvalue weighted by atomic mass is 9.91. The highest BCUT2D eigenvalue weighted by molar-refractivity contribution is 7.99. The molecule has 1 N–H and O–H groups in total. The Morgan fingerprint density at radius 3 is 2.32 bits per heavy atom. The Hall–Kier alpha value is -1.98. The summed E-state index contributed by atoms with van der Waals surface area (Å²) < 4.78 is 0. The van der Waals surface area contributed by atoms with E-state index >= 15 is 0 Å². The molecule has 0 spiro atoms. The van der Waals surface area contributed by atoms with Crippen LogP contribution in [0.1, 0.15) is 37.6 Å². The molecule has 1 aliphatic heterocycles. The number of piperidine rings is 1. The van der Waals surface area contributed by atoms with Crippen molar-refractivity contribution in [2.75, 3.05) is 18.4 Å². The lowest BCUT2D eigenvalue weighted by Crippen LogP contribution is -2.42. The number of anilines is 1. The van der Waals surface area contributed by atoms with E-state index < -0.39 is 0 Å². The summed E-state index contributed by atoms with van der Waals surface area (Å²) >= 11 is 7.48. The van der Waals surface area contributed by atoms with E-state index in [2.05, 4.69) is 19.2 Å². The normalized spacial score (nSPS) is 19.4. The molecule has 2 aromatic carbocycles. The van der Waals surface area contributed by atoms with Crippen LogP contribution in [0.3, 0.4) is 0 Å². The number of hydrogen-bond donors (Lipinski definition) is 1. The van der Waals surface area contributed by atoms with Gasteiger partial charge in [-0.25, -0.2) is 0 Å². The van der Waals surface area contributed by atoms with Gasteiger partial charge >= 0.3 is 0 Å². The lowest BCUT2D eigenvalue weighted by molar-refractivity contribution is -0.114. The van der Waals surface area contributed by atoms with Crippen LogP contribution in [0, 0.1) is 11.8 Å². The monoisotopic (exact) mass is 416 g/mol. The fourth-order valence-electron chi connectivity index (χ4n) is 3.68. The van der Waals surface area contributed by atoms with E-state index in [1.807, 2.05) is 41.3 Å². The summed E-state index contributed by atoms with van der Waals surface area (Å²) in [6.45, 7) is 7.40. The number of halogens is 1. The van der Waals surface area contributed by atoms with E-state index in [0.29, 0.717) is 28.1 Å². The van der Waals surface area contributed by atoms with Crippen LogP contribution in [0.15, 0.2) is 52.3 Å². The summed E-state index contributed by atoms with van der Waals surface area (Å²) in [5.74, 6) is 0.861. The van der Waals surface area contributed by atoms with E-state index in [0.717, 1.165) is 29.3 Å². The fourth-order valence-corrected chi connectivity index (χ4v) is 4.69. The van der Waals surface area contributed by atoms with E-state index in [-0.39, 0.29) is 11.8 Å². The van der Waals surface area contributed by atoms with Crippen molar-refractivity contribution in [3.05, 3.63) is 53.1 Å². The molecule has 2 amide bonds. The molecule has 6 heteroatoms. The number of nitrogens with one attached hydrogen (secondary N) is 1. The zero-order valence-electron chi connectivity index (χ0n) is 16.4. The predicted octanol–water partition coefficient (Wildman–Crippen LogP) is 5.57. The van der Waals surface area contributed by atoms with Crippen molar-refractivity contribution in [2.45, 2.75) is 37.0 Å². The van der Waals surface area contributed by atoms with Gasteiger partial charge in [0.25, 0.3) is 5.91 Å². The van der Waals surface area contributed by atoms with E-state index in [9.17, 15) is 9.59 Å². The summed E-state index contributed by atoms with van der Waals surface area (Å²) in [7, 11) is 0. The van der Waals surface area contributed by atoms with Crippen LogP contribution in [0.5, 0.6) is 0 Å². The highest BCUT2D eigenvalue weighted by Crippen LogP contribution is 2.35. The van der Waals surface area contributed by atoms with Gasteiger partial charge < -0.3 is 10.2 Å². The van der Waals surface area contributed by atoms with Gasteiger partial charge in [-0.3, -0.25) is 9.59 Å². The van der Waals surface area contributed by atoms with Crippen LogP contribution in [0.2, 0.25) is 5.02 Å². The molecule has 1 saturated heterocycles. The fraction of sp³-hybridized carbons (Fsp3) is 0.364. The first-order valence-corrected chi connectivity index (χ1v) is 10.7. The predicted molar refractivity (Wildman–Crippen MR) is 115 cm³/mol. The summed E-state index contributed by atoms with van der Waals surface area (Å²) in [4.78, 5) is 28.5. The zero-order chi connectivity index (χ0) is 20.3. The summed E-state index contributed by atoms with van der Waals surface area (Å²) in [5.41, 5.74) is 1.25. The van der Waals surface area contributed by atoms with Crippen molar-refractivity contribution in [3.8, 4) is 0 Å². The third-order valence-corrected chi connectivity index (χ3v) is 6.07. The SMILES string of the molecule is CC(=O)Nc1cc(C(=O)N2CC(C)CC(C)C2)ccc1Sc1ccc(Cl)cc1. The van der Waals surface area contributed by atoms with Crippen LogP contribution in [-0.2, 0) is 4.79 Å². The molecule has 1 fully saturated rings. The third-order valence-electron chi connectivity index (χ3n) is 4.73. The molecule has 0 saturated carbocycles. The standard InChI is InChI=1S/C22H25ClN2O2S/c1-14-10-15(2)13-25(12-14)22(27)17-4-9-21(20(11-17)24-16(3)26)28-19-7-5-18(23)6-8-19/h4-9,11,14-15H,10,12-13H2,1-3H3,(H,24,26). The molecule has 3 rings (SSSR count). The minimum Gasteiger partial charge on any atom is -0.338 e. The van der Waals surface area contributed by atoms with E-state index in [4.69, 9.17) is 11.6 Å². The van der Waals surface area contributed by atoms with Gasteiger partial charge in [-0.2, -0.15) is 0 Å². The Labute approximate surface area is 175 Å². The van der Waals surface area contributed by atoms with Crippen molar-refractivity contribution in [1.82, 2.24) is 4.90 Å². The van der Waals surface area contributed by atoms with E-state index in [1.54, 1.807) is 6.07 Å². The molecule has 0 aliphatic carbocycles. The Morgan fingerprint density at radius 1 is 1.07 bits per heavy atom. The Morgan fingerprint density at radius 2 is 1.71 bits per heavy atom. The lowest BCUT2D eigenvalue weighted by Gasteiger charge is -2.35. The van der Waals surface area contributed by atoms with Crippen molar-refractivity contribution in [2.24, 2.45) is 11.8 Å². The van der Waals surface area contributed by atoms with Crippen LogP contribution < -0.4 is 5.32 Å². The molecule has 0 aromatic heterocycles. The highest BCUT2D eigenvalue weighted by Gasteiger charge is 2.26. The maximum atomic E-state index is 13.0. The second-order valence-corrected chi connectivity index (χ2v) is 9.16. The molecular formula is C22H25ClN2O2S. The molecule has 28 heavy (non-hydrogen) atoms. The van der Waals surface area contributed by atoms with Crippen molar-refractivity contribution < 1.29 is 9.59 Å². The summed E-state index contributed by atoms with van der Waals surface area (Å²) in [6.07, 6.45) is 1.15. The summed E-state index contributed by atoms with van der Waals surface area (Å²) in [5, 5.41) is 3.54. The van der Waals surface area contributed by atoms with Gasteiger partial charge in [0.15, 0.2) is 0 Å². The van der Waals surface area contributed by atoms with Gasteiger partial charge in [0.05, 0.1) is 5.69 Å². The van der Waals surface area contributed by atoms with Crippen LogP contribution >= 0.6 is 23.4 Å². The van der Waals surface area contributed by atoms with Gasteiger partial charge in [0.1, 0.15) is 0 Å². The topological polar surface area (TPSA) is 49.4 Å². The van der Waals surface area contributed by atoms with Gasteiger partial charge in [-0.15, -0.1) is 0 Å². The Kier molecular flexibility index (Phi) is 6.68. The number of hydrogen-bond acceptors (Lipinski definition) is 3. The number of likely N-dealkylation sites (tertiary alicyclic amines) is 1. The molecule has 1 heterocycles. The molecule has 0 bridgehead atoms. The first-order valence-electron chi connectivity index (χ1n) is 9.46. The van der Waals surface area contributed by atoms with Crippen molar-refractivity contribution in [3.63, 3.8) is 0 Å². The second-order valence-electron chi connectivity index (χ2n) is 7.60. The van der Waals surface area contributed by atoms with Crippen LogP contribution in [-0.4, -0.2) is 29.8 Å². The first kappa shape index (κ1) is 20.7. The quantitative estimate of drug-likeness (QED) is 0.708. The zero-order valence-corrected chi connectivity index (χ0v) is 17.9. The van der Waals surface area contributed by atoms with Crippen molar-refractivity contribution >= 4 is 40.9 Å². The number of nitrogens with zero attached hydrogens (tertiary/aromatic N) is 1. The largest absolute Gasteiger partial charge is 0.338 e. The molecular weight excluding hydrogens is 392 g/mol. The van der Waals surface area contributed by atoms with Gasteiger partial charge in [-0.1, -0.05) is 37.2 Å². The highest BCUT2D eigenvalue weighted by atomic mass is 35.5. The van der Waals surface area contributed by atoms with Gasteiger partial charge in [0, 0.05) is 40.4 Å². The number of benzene rings is 2. The average molecular weight is 417 g/mol. The maximum Gasteiger partial charge on any atom is 0.253 e. The number of carbonyl (C=O) groups excluding carboxylic acids is 2. The number of amides is 2. The second kappa shape index (κ2) is 9.01. The molecule has 4 nitrogen and oxygen atoms in total. The molecule has 1 aliphatic rings. The minimum atomic E-state index is -0.164. The van der Waals surface area contributed by atoms with Crippen molar-refractivity contribution in [1.29, 1.82) is 0 Å². The molecule has 2 atom stereocenters. The van der Waals surface area contributed by atoms with Crippen LogP contribution in [0.4, 0.5) is 5.69 Å².